The fraction of sp³-hybridized carbons (Fsp3) is 1.00. The van der Waals surface area contributed by atoms with Crippen LogP contribution in [0.2, 0.25) is 0 Å². The highest BCUT2D eigenvalue weighted by Crippen LogP contribution is 2.36. The van der Waals surface area contributed by atoms with Gasteiger partial charge in [-0.15, -0.1) is 0 Å². The zero-order valence-electron chi connectivity index (χ0n) is 11.4. The van der Waals surface area contributed by atoms with Crippen LogP contribution in [0.5, 0.6) is 0 Å². The Morgan fingerprint density at radius 3 is 1.82 bits per heavy atom. The van der Waals surface area contributed by atoms with E-state index in [1.807, 2.05) is 0 Å². The molecule has 17 heavy (non-hydrogen) atoms. The fourth-order valence-corrected chi connectivity index (χ4v) is 3.86. The van der Waals surface area contributed by atoms with Gasteiger partial charge in [0.15, 0.2) is 0 Å². The molecule has 0 amide bonds. The number of nitrogens with two attached hydrogens (primary N) is 2. The van der Waals surface area contributed by atoms with Gasteiger partial charge in [0.1, 0.15) is 0 Å². The van der Waals surface area contributed by atoms with Crippen LogP contribution in [0.25, 0.3) is 0 Å². The lowest BCUT2D eigenvalue weighted by Crippen LogP contribution is -2.31. The predicted molar refractivity (Wildman–Crippen MR) is 73.6 cm³/mol. The Balaban J connectivity index is 1.71. The Hall–Kier alpha value is -0.0800. The van der Waals surface area contributed by atoms with Gasteiger partial charge in [0.05, 0.1) is 0 Å². The minimum Gasteiger partial charge on any atom is -0.328 e. The standard InChI is InChI=1S/C15H30N2/c1-11(13-4-8-15(17)9-5-13)10-12-2-6-14(16)7-3-12/h11-15H,2-10,16-17H2,1H3. The SMILES string of the molecule is CC(CC1CCC(N)CC1)C1CCC(N)CC1. The third-order valence-corrected chi connectivity index (χ3v) is 5.22. The summed E-state index contributed by atoms with van der Waals surface area (Å²) in [4.78, 5) is 0. The lowest BCUT2D eigenvalue weighted by atomic mass is 9.73. The Morgan fingerprint density at radius 1 is 0.824 bits per heavy atom. The van der Waals surface area contributed by atoms with E-state index in [1.165, 1.54) is 57.8 Å². The maximum atomic E-state index is 5.98. The molecule has 0 heterocycles. The molecule has 2 saturated carbocycles. The van der Waals surface area contributed by atoms with Gasteiger partial charge in [0, 0.05) is 12.1 Å². The summed E-state index contributed by atoms with van der Waals surface area (Å²) in [5.41, 5.74) is 12.0. The van der Waals surface area contributed by atoms with Crippen LogP contribution in [0.1, 0.15) is 64.7 Å². The smallest absolute Gasteiger partial charge is 0.00390 e. The molecule has 0 radical (unpaired) electrons. The van der Waals surface area contributed by atoms with Gasteiger partial charge in [-0.25, -0.2) is 0 Å². The molecule has 2 nitrogen and oxygen atoms in total. The van der Waals surface area contributed by atoms with Gasteiger partial charge in [-0.1, -0.05) is 6.92 Å². The van der Waals surface area contributed by atoms with Gasteiger partial charge < -0.3 is 11.5 Å². The van der Waals surface area contributed by atoms with E-state index in [4.69, 9.17) is 11.5 Å². The van der Waals surface area contributed by atoms with Crippen molar-refractivity contribution in [3.63, 3.8) is 0 Å². The Morgan fingerprint density at radius 2 is 1.29 bits per heavy atom. The molecule has 0 aromatic rings. The normalized spacial score (nSPS) is 41.1. The van der Waals surface area contributed by atoms with Crippen LogP contribution in [0.15, 0.2) is 0 Å². The summed E-state index contributed by atoms with van der Waals surface area (Å²) in [6.07, 6.45) is 11.9. The van der Waals surface area contributed by atoms with Gasteiger partial charge >= 0.3 is 0 Å². The number of rotatable bonds is 3. The van der Waals surface area contributed by atoms with E-state index in [-0.39, 0.29) is 0 Å². The summed E-state index contributed by atoms with van der Waals surface area (Å²) in [5.74, 6) is 2.81. The first-order chi connectivity index (χ1) is 8.15. The summed E-state index contributed by atoms with van der Waals surface area (Å²) in [7, 11) is 0. The molecule has 2 aliphatic carbocycles. The first-order valence-electron chi connectivity index (χ1n) is 7.66. The topological polar surface area (TPSA) is 52.0 Å². The molecule has 2 fully saturated rings. The zero-order chi connectivity index (χ0) is 12.3. The molecule has 2 aliphatic rings. The summed E-state index contributed by atoms with van der Waals surface area (Å²) in [6.45, 7) is 2.47. The van der Waals surface area contributed by atoms with Crippen LogP contribution in [0.3, 0.4) is 0 Å². The number of hydrogen-bond donors (Lipinski definition) is 2. The van der Waals surface area contributed by atoms with E-state index in [1.54, 1.807) is 0 Å². The van der Waals surface area contributed by atoms with Crippen molar-refractivity contribution in [2.24, 2.45) is 29.2 Å². The third kappa shape index (κ3) is 3.96. The van der Waals surface area contributed by atoms with Crippen molar-refractivity contribution in [1.29, 1.82) is 0 Å². The van der Waals surface area contributed by atoms with Crippen molar-refractivity contribution < 1.29 is 0 Å². The molecule has 0 bridgehead atoms. The summed E-state index contributed by atoms with van der Waals surface area (Å²) in [5, 5.41) is 0. The first kappa shape index (κ1) is 13.4. The van der Waals surface area contributed by atoms with Crippen molar-refractivity contribution in [3.05, 3.63) is 0 Å². The van der Waals surface area contributed by atoms with Crippen LogP contribution in [-0.2, 0) is 0 Å². The molecule has 1 unspecified atom stereocenters. The first-order valence-corrected chi connectivity index (χ1v) is 7.66. The van der Waals surface area contributed by atoms with Gasteiger partial charge in [-0.2, -0.15) is 0 Å². The molecule has 0 aromatic heterocycles. The third-order valence-electron chi connectivity index (χ3n) is 5.22. The van der Waals surface area contributed by atoms with Crippen molar-refractivity contribution in [2.75, 3.05) is 0 Å². The van der Waals surface area contributed by atoms with Crippen LogP contribution in [0.4, 0.5) is 0 Å². The zero-order valence-corrected chi connectivity index (χ0v) is 11.4. The molecule has 2 heteroatoms. The lowest BCUT2D eigenvalue weighted by Gasteiger charge is -2.34. The second-order valence-electron chi connectivity index (χ2n) is 6.67. The molecule has 100 valence electrons. The van der Waals surface area contributed by atoms with E-state index < -0.39 is 0 Å². The Kier molecular flexibility index (Phi) is 4.87. The quantitative estimate of drug-likeness (QED) is 0.794. The van der Waals surface area contributed by atoms with Crippen molar-refractivity contribution in [1.82, 2.24) is 0 Å². The van der Waals surface area contributed by atoms with E-state index in [9.17, 15) is 0 Å². The molecule has 0 aromatic carbocycles. The Bertz CT molecular complexity index is 213. The Labute approximate surface area is 107 Å². The second kappa shape index (κ2) is 6.19. The van der Waals surface area contributed by atoms with Gasteiger partial charge in [0.25, 0.3) is 0 Å². The fourth-order valence-electron chi connectivity index (χ4n) is 3.86. The van der Waals surface area contributed by atoms with Gasteiger partial charge in [-0.3, -0.25) is 0 Å². The van der Waals surface area contributed by atoms with Gasteiger partial charge in [0.2, 0.25) is 0 Å². The second-order valence-corrected chi connectivity index (χ2v) is 6.67. The van der Waals surface area contributed by atoms with E-state index >= 15 is 0 Å². The van der Waals surface area contributed by atoms with Crippen molar-refractivity contribution in [3.8, 4) is 0 Å². The van der Waals surface area contributed by atoms with Crippen molar-refractivity contribution in [2.45, 2.75) is 76.8 Å². The minimum atomic E-state index is 0.492. The molecule has 4 N–H and O–H groups in total. The van der Waals surface area contributed by atoms with Crippen LogP contribution in [-0.4, -0.2) is 12.1 Å². The van der Waals surface area contributed by atoms with E-state index in [2.05, 4.69) is 6.92 Å². The molecular formula is C15H30N2. The molecular weight excluding hydrogens is 208 g/mol. The van der Waals surface area contributed by atoms with Crippen LogP contribution in [0, 0.1) is 17.8 Å². The molecule has 0 saturated heterocycles. The monoisotopic (exact) mass is 238 g/mol. The van der Waals surface area contributed by atoms with Crippen LogP contribution < -0.4 is 11.5 Å². The largest absolute Gasteiger partial charge is 0.328 e. The maximum Gasteiger partial charge on any atom is 0.00390 e. The van der Waals surface area contributed by atoms with Crippen LogP contribution >= 0.6 is 0 Å². The summed E-state index contributed by atoms with van der Waals surface area (Å²) < 4.78 is 0. The van der Waals surface area contributed by atoms with E-state index in [0.717, 1.165) is 17.8 Å². The number of hydrogen-bond acceptors (Lipinski definition) is 2. The maximum absolute atomic E-state index is 5.98. The molecule has 2 rings (SSSR count). The van der Waals surface area contributed by atoms with Crippen molar-refractivity contribution >= 4 is 0 Å². The highest BCUT2D eigenvalue weighted by molar-refractivity contribution is 4.81. The van der Waals surface area contributed by atoms with E-state index in [0.29, 0.717) is 12.1 Å². The van der Waals surface area contributed by atoms with Gasteiger partial charge in [-0.05, 0) is 75.5 Å². The average molecular weight is 238 g/mol. The average Bonchev–Trinajstić information content (AvgIpc) is 2.33. The molecule has 0 spiro atoms. The highest BCUT2D eigenvalue weighted by Gasteiger charge is 2.27. The highest BCUT2D eigenvalue weighted by atomic mass is 14.6. The molecule has 0 aliphatic heterocycles. The predicted octanol–water partition coefficient (Wildman–Crippen LogP) is 3.05. The lowest BCUT2D eigenvalue weighted by molar-refractivity contribution is 0.190. The summed E-state index contributed by atoms with van der Waals surface area (Å²) >= 11 is 0. The molecule has 1 atom stereocenters. The summed E-state index contributed by atoms with van der Waals surface area (Å²) in [6, 6.07) is 0.986. The minimum absolute atomic E-state index is 0.492.